The zero-order valence-electron chi connectivity index (χ0n) is 8.22. The molecule has 2 atom stereocenters. The van der Waals surface area contributed by atoms with E-state index in [1.165, 1.54) is 0 Å². The molecule has 74 valence electrons. The lowest BCUT2D eigenvalue weighted by Gasteiger charge is -2.22. The van der Waals surface area contributed by atoms with E-state index in [4.69, 9.17) is 11.6 Å². The number of benzene rings is 1. The first-order valence-electron chi connectivity index (χ1n) is 4.72. The number of allylic oxidation sites excluding steroid dienone is 1. The van der Waals surface area contributed by atoms with Gasteiger partial charge in [-0.15, -0.1) is 11.6 Å². The molecule has 0 heterocycles. The molecule has 1 aliphatic rings. The highest BCUT2D eigenvalue weighted by Gasteiger charge is 2.21. The number of rotatable bonds is 0. The Morgan fingerprint density at radius 1 is 1.36 bits per heavy atom. The van der Waals surface area contributed by atoms with E-state index >= 15 is 0 Å². The molecule has 0 aliphatic heterocycles. The van der Waals surface area contributed by atoms with Gasteiger partial charge in [-0.1, -0.05) is 25.1 Å². The number of fused-ring (bicyclic) bond motifs is 1. The monoisotopic (exact) mass is 210 g/mol. The molecule has 0 amide bonds. The summed E-state index contributed by atoms with van der Waals surface area (Å²) in [5.41, 5.74) is 2.61. The molecule has 2 unspecified atom stereocenters. The number of alkyl halides is 1. The Labute approximate surface area is 88.4 Å². The summed E-state index contributed by atoms with van der Waals surface area (Å²) in [6, 6.07) is 3.41. The van der Waals surface area contributed by atoms with Gasteiger partial charge in [0.05, 0.1) is 5.38 Å². The number of hydrogen-bond acceptors (Lipinski definition) is 0. The lowest BCUT2D eigenvalue weighted by atomic mass is 9.89. The summed E-state index contributed by atoms with van der Waals surface area (Å²) < 4.78 is 13.3. The summed E-state index contributed by atoms with van der Waals surface area (Å²) >= 11 is 6.25. The van der Waals surface area contributed by atoms with Gasteiger partial charge in [-0.3, -0.25) is 0 Å². The predicted molar refractivity (Wildman–Crippen MR) is 57.9 cm³/mol. The maximum absolute atomic E-state index is 13.3. The van der Waals surface area contributed by atoms with Gasteiger partial charge < -0.3 is 0 Å². The summed E-state index contributed by atoms with van der Waals surface area (Å²) in [6.07, 6.45) is 3.97. The van der Waals surface area contributed by atoms with E-state index in [1.54, 1.807) is 13.0 Å². The molecule has 2 heteroatoms. The van der Waals surface area contributed by atoms with E-state index in [-0.39, 0.29) is 11.2 Å². The van der Waals surface area contributed by atoms with E-state index in [0.717, 1.165) is 11.1 Å². The van der Waals surface area contributed by atoms with Crippen LogP contribution in [0.15, 0.2) is 18.2 Å². The molecule has 2 rings (SSSR count). The molecule has 14 heavy (non-hydrogen) atoms. The fourth-order valence-electron chi connectivity index (χ4n) is 1.74. The third-order valence-electron chi connectivity index (χ3n) is 2.70. The highest BCUT2D eigenvalue weighted by molar-refractivity contribution is 6.21. The molecule has 1 aliphatic carbocycles. The van der Waals surface area contributed by atoms with Crippen molar-refractivity contribution >= 4 is 17.7 Å². The second-order valence-corrected chi connectivity index (χ2v) is 4.32. The van der Waals surface area contributed by atoms with E-state index in [0.29, 0.717) is 11.5 Å². The van der Waals surface area contributed by atoms with E-state index < -0.39 is 0 Å². The maximum Gasteiger partial charge on any atom is 0.126 e. The fourth-order valence-corrected chi connectivity index (χ4v) is 2.01. The Kier molecular flexibility index (Phi) is 2.36. The van der Waals surface area contributed by atoms with Crippen molar-refractivity contribution in [1.29, 1.82) is 0 Å². The molecule has 0 spiro atoms. The quantitative estimate of drug-likeness (QED) is 0.566. The molecule has 0 aromatic heterocycles. The molecule has 0 nitrogen and oxygen atoms in total. The average molecular weight is 211 g/mol. The minimum absolute atomic E-state index is 0.0331. The van der Waals surface area contributed by atoms with Gasteiger partial charge in [0.15, 0.2) is 0 Å². The molecule has 1 aromatic carbocycles. The molecule has 0 fully saturated rings. The van der Waals surface area contributed by atoms with Gasteiger partial charge >= 0.3 is 0 Å². The minimum atomic E-state index is -0.160. The highest BCUT2D eigenvalue weighted by Crippen LogP contribution is 2.37. The van der Waals surface area contributed by atoms with Crippen molar-refractivity contribution in [3.63, 3.8) is 0 Å². The lowest BCUT2D eigenvalue weighted by molar-refractivity contribution is 0.613. The first-order valence-corrected chi connectivity index (χ1v) is 5.15. The van der Waals surface area contributed by atoms with Crippen molar-refractivity contribution in [1.82, 2.24) is 0 Å². The molecular formula is C12H12ClF. The lowest BCUT2D eigenvalue weighted by Crippen LogP contribution is -2.08. The molecule has 0 radical (unpaired) electrons. The second-order valence-electron chi connectivity index (χ2n) is 3.85. The molecule has 1 aromatic rings. The van der Waals surface area contributed by atoms with Crippen LogP contribution < -0.4 is 0 Å². The van der Waals surface area contributed by atoms with Crippen LogP contribution in [0, 0.1) is 18.7 Å². The summed E-state index contributed by atoms with van der Waals surface area (Å²) in [7, 11) is 0. The third-order valence-corrected chi connectivity index (χ3v) is 3.33. The van der Waals surface area contributed by atoms with Crippen molar-refractivity contribution in [2.75, 3.05) is 0 Å². The first kappa shape index (κ1) is 9.72. The van der Waals surface area contributed by atoms with E-state index in [1.807, 2.05) is 18.2 Å². The normalized spacial score (nSPS) is 24.9. The van der Waals surface area contributed by atoms with Gasteiger partial charge in [0, 0.05) is 0 Å². The van der Waals surface area contributed by atoms with Gasteiger partial charge in [0.2, 0.25) is 0 Å². The van der Waals surface area contributed by atoms with Crippen molar-refractivity contribution in [3.8, 4) is 0 Å². The Hall–Kier alpha value is -0.820. The Bertz CT molecular complexity index is 396. The average Bonchev–Trinajstić information content (AvgIpc) is 2.15. The van der Waals surface area contributed by atoms with Crippen molar-refractivity contribution in [2.24, 2.45) is 5.92 Å². The third kappa shape index (κ3) is 1.46. The van der Waals surface area contributed by atoms with E-state index in [9.17, 15) is 4.39 Å². The van der Waals surface area contributed by atoms with Crippen LogP contribution in [0.3, 0.4) is 0 Å². The van der Waals surface area contributed by atoms with Crippen LogP contribution in [0.1, 0.15) is 29.0 Å². The Morgan fingerprint density at radius 2 is 2.07 bits per heavy atom. The van der Waals surface area contributed by atoms with Crippen LogP contribution in [-0.4, -0.2) is 0 Å². The van der Waals surface area contributed by atoms with Crippen LogP contribution in [0.5, 0.6) is 0 Å². The topological polar surface area (TPSA) is 0 Å². The van der Waals surface area contributed by atoms with Crippen LogP contribution >= 0.6 is 11.6 Å². The standard InChI is InChI=1S/C12H12ClF/c1-7-3-4-9-6-11(14)8(2)5-10(9)12(7)13/h3-7,12H,1-2H3. The number of halogens is 2. The van der Waals surface area contributed by atoms with Gasteiger partial charge in [-0.2, -0.15) is 0 Å². The molecular weight excluding hydrogens is 199 g/mol. The van der Waals surface area contributed by atoms with Crippen molar-refractivity contribution < 1.29 is 4.39 Å². The van der Waals surface area contributed by atoms with Crippen molar-refractivity contribution in [3.05, 3.63) is 40.7 Å². The van der Waals surface area contributed by atoms with Crippen LogP contribution in [-0.2, 0) is 0 Å². The van der Waals surface area contributed by atoms with Crippen molar-refractivity contribution in [2.45, 2.75) is 19.2 Å². The Morgan fingerprint density at radius 3 is 2.79 bits per heavy atom. The maximum atomic E-state index is 13.3. The van der Waals surface area contributed by atoms with Gasteiger partial charge in [-0.05, 0) is 35.6 Å². The SMILES string of the molecule is Cc1cc2c(cc1F)C=CC(C)C2Cl. The molecule has 0 saturated heterocycles. The zero-order chi connectivity index (χ0) is 10.3. The Balaban J connectivity index is 2.58. The summed E-state index contributed by atoms with van der Waals surface area (Å²) in [5, 5.41) is -0.0331. The van der Waals surface area contributed by atoms with Gasteiger partial charge in [0.25, 0.3) is 0 Å². The van der Waals surface area contributed by atoms with Crippen LogP contribution in [0.25, 0.3) is 6.08 Å². The fraction of sp³-hybridized carbons (Fsp3) is 0.333. The predicted octanol–water partition coefficient (Wildman–Crippen LogP) is 4.08. The van der Waals surface area contributed by atoms with Gasteiger partial charge in [0.1, 0.15) is 5.82 Å². The summed E-state index contributed by atoms with van der Waals surface area (Å²) in [5.74, 6) is 0.154. The largest absolute Gasteiger partial charge is 0.207 e. The summed E-state index contributed by atoms with van der Waals surface area (Å²) in [6.45, 7) is 3.83. The minimum Gasteiger partial charge on any atom is -0.207 e. The molecule has 0 saturated carbocycles. The van der Waals surface area contributed by atoms with E-state index in [2.05, 4.69) is 6.92 Å². The zero-order valence-corrected chi connectivity index (χ0v) is 8.98. The van der Waals surface area contributed by atoms with Gasteiger partial charge in [-0.25, -0.2) is 4.39 Å². The van der Waals surface area contributed by atoms with Crippen LogP contribution in [0.2, 0.25) is 0 Å². The molecule has 0 N–H and O–H groups in total. The number of aryl methyl sites for hydroxylation is 1. The smallest absolute Gasteiger partial charge is 0.126 e. The molecule has 0 bridgehead atoms. The summed E-state index contributed by atoms with van der Waals surface area (Å²) in [4.78, 5) is 0. The highest BCUT2D eigenvalue weighted by atomic mass is 35.5. The first-order chi connectivity index (χ1) is 6.59. The second kappa shape index (κ2) is 3.39. The van der Waals surface area contributed by atoms with Crippen LogP contribution in [0.4, 0.5) is 4.39 Å². The number of hydrogen-bond donors (Lipinski definition) is 0.